The molecule has 0 aliphatic heterocycles. The van der Waals surface area contributed by atoms with Crippen molar-refractivity contribution in [1.82, 2.24) is 0 Å². The van der Waals surface area contributed by atoms with Crippen molar-refractivity contribution in [3.05, 3.63) is 24.0 Å². The summed E-state index contributed by atoms with van der Waals surface area (Å²) in [5.41, 5.74) is 5.35. The van der Waals surface area contributed by atoms with Gasteiger partial charge in [-0.15, -0.1) is 0 Å². The summed E-state index contributed by atoms with van der Waals surface area (Å²) in [6.45, 7) is 0.149. The van der Waals surface area contributed by atoms with E-state index in [9.17, 15) is 9.18 Å². The molecule has 82 valence electrons. The number of carbonyl (C=O) groups excluding carboxylic acids is 1. The summed E-state index contributed by atoms with van der Waals surface area (Å²) in [5, 5.41) is 0. The number of hydrogen-bond acceptors (Lipinski definition) is 4. The van der Waals surface area contributed by atoms with Crippen LogP contribution in [0.2, 0.25) is 0 Å². The number of hydrogen-bond donors (Lipinski definition) is 1. The molecule has 0 spiro atoms. The minimum atomic E-state index is -0.537. The number of anilines is 1. The van der Waals surface area contributed by atoms with E-state index in [0.29, 0.717) is 5.75 Å². The highest BCUT2D eigenvalue weighted by molar-refractivity contribution is 5.69. The second-order valence-electron chi connectivity index (χ2n) is 2.86. The molecule has 1 aromatic rings. The van der Waals surface area contributed by atoms with Crippen molar-refractivity contribution in [2.24, 2.45) is 0 Å². The monoisotopic (exact) mass is 213 g/mol. The third-order valence-electron chi connectivity index (χ3n) is 1.77. The van der Waals surface area contributed by atoms with E-state index in [1.807, 2.05) is 0 Å². The molecule has 0 unspecified atom stereocenters. The Morgan fingerprint density at radius 3 is 2.87 bits per heavy atom. The molecule has 0 heterocycles. The summed E-state index contributed by atoms with van der Waals surface area (Å²) < 4.78 is 22.5. The molecule has 0 aliphatic rings. The van der Waals surface area contributed by atoms with Gasteiger partial charge in [0.25, 0.3) is 0 Å². The molecule has 1 rings (SSSR count). The highest BCUT2D eigenvalue weighted by Crippen LogP contribution is 2.17. The normalized spacial score (nSPS) is 9.73. The van der Waals surface area contributed by atoms with E-state index in [4.69, 9.17) is 10.5 Å². The molecule has 0 saturated carbocycles. The average molecular weight is 213 g/mol. The first kappa shape index (κ1) is 11.3. The highest BCUT2D eigenvalue weighted by atomic mass is 19.1. The van der Waals surface area contributed by atoms with Crippen molar-refractivity contribution in [3.63, 3.8) is 0 Å². The van der Waals surface area contributed by atoms with E-state index >= 15 is 0 Å². The van der Waals surface area contributed by atoms with Crippen LogP contribution in [0.3, 0.4) is 0 Å². The quantitative estimate of drug-likeness (QED) is 0.605. The fraction of sp³-hybridized carbons (Fsp3) is 0.300. The Labute approximate surface area is 86.8 Å². The third kappa shape index (κ3) is 3.46. The van der Waals surface area contributed by atoms with Crippen LogP contribution in [-0.2, 0) is 9.53 Å². The van der Waals surface area contributed by atoms with Crippen LogP contribution in [0.4, 0.5) is 10.1 Å². The number of esters is 1. The molecule has 0 bridgehead atoms. The van der Waals surface area contributed by atoms with Gasteiger partial charge in [0.2, 0.25) is 0 Å². The van der Waals surface area contributed by atoms with E-state index in [0.717, 1.165) is 0 Å². The van der Waals surface area contributed by atoms with Gasteiger partial charge >= 0.3 is 5.97 Å². The minimum Gasteiger partial charge on any atom is -0.493 e. The Balaban J connectivity index is 2.44. The highest BCUT2D eigenvalue weighted by Gasteiger charge is 2.03. The van der Waals surface area contributed by atoms with Gasteiger partial charge in [0, 0.05) is 6.07 Å². The maximum atomic E-state index is 12.9. The smallest absolute Gasteiger partial charge is 0.308 e. The molecule has 2 N–H and O–H groups in total. The maximum absolute atomic E-state index is 12.9. The van der Waals surface area contributed by atoms with Crippen molar-refractivity contribution >= 4 is 11.7 Å². The van der Waals surface area contributed by atoms with Gasteiger partial charge in [-0.25, -0.2) is 4.39 Å². The molecule has 0 aromatic heterocycles. The van der Waals surface area contributed by atoms with Crippen molar-refractivity contribution < 1.29 is 18.7 Å². The van der Waals surface area contributed by atoms with Crippen LogP contribution in [0.1, 0.15) is 6.42 Å². The van der Waals surface area contributed by atoms with Gasteiger partial charge in [-0.3, -0.25) is 4.79 Å². The van der Waals surface area contributed by atoms with Gasteiger partial charge in [0.15, 0.2) is 0 Å². The number of benzene rings is 1. The lowest BCUT2D eigenvalue weighted by Gasteiger charge is -2.05. The fourth-order valence-electron chi connectivity index (χ4n) is 0.952. The Hall–Kier alpha value is -1.78. The molecule has 0 atom stereocenters. The summed E-state index contributed by atoms with van der Waals surface area (Å²) >= 11 is 0. The Morgan fingerprint density at radius 2 is 2.27 bits per heavy atom. The molecule has 0 radical (unpaired) electrons. The lowest BCUT2D eigenvalue weighted by Crippen LogP contribution is -2.07. The lowest BCUT2D eigenvalue weighted by atomic mass is 10.3. The van der Waals surface area contributed by atoms with Crippen LogP contribution >= 0.6 is 0 Å². The molecule has 0 amide bonds. The van der Waals surface area contributed by atoms with Crippen LogP contribution in [0.5, 0.6) is 5.75 Å². The number of nitrogens with two attached hydrogens (primary N) is 1. The first-order valence-corrected chi connectivity index (χ1v) is 4.38. The standard InChI is InChI=1S/C10H12FNO3/c1-14-10(13)4-5-15-7-2-3-9(12)8(11)6-7/h2-3,6H,4-5,12H2,1H3. The maximum Gasteiger partial charge on any atom is 0.308 e. The lowest BCUT2D eigenvalue weighted by molar-refractivity contribution is -0.141. The van der Waals surface area contributed by atoms with Crippen LogP contribution < -0.4 is 10.5 Å². The zero-order valence-corrected chi connectivity index (χ0v) is 8.33. The molecule has 1 aromatic carbocycles. The van der Waals surface area contributed by atoms with Crippen molar-refractivity contribution in [3.8, 4) is 5.75 Å². The molecule has 15 heavy (non-hydrogen) atoms. The van der Waals surface area contributed by atoms with Crippen molar-refractivity contribution in [2.45, 2.75) is 6.42 Å². The number of halogens is 1. The van der Waals surface area contributed by atoms with Crippen molar-refractivity contribution in [1.29, 1.82) is 0 Å². The second-order valence-corrected chi connectivity index (χ2v) is 2.86. The predicted octanol–water partition coefficient (Wildman–Crippen LogP) is 1.35. The second kappa shape index (κ2) is 5.19. The first-order valence-electron chi connectivity index (χ1n) is 4.38. The van der Waals surface area contributed by atoms with Gasteiger partial charge in [-0.05, 0) is 12.1 Å². The van der Waals surface area contributed by atoms with Crippen molar-refractivity contribution in [2.75, 3.05) is 19.5 Å². The summed E-state index contributed by atoms with van der Waals surface area (Å²) in [5.74, 6) is -0.568. The van der Waals surface area contributed by atoms with E-state index in [2.05, 4.69) is 4.74 Å². The summed E-state index contributed by atoms with van der Waals surface area (Å²) in [6.07, 6.45) is 0.127. The number of nitrogen functional groups attached to an aromatic ring is 1. The number of carbonyl (C=O) groups is 1. The molecule has 4 nitrogen and oxygen atoms in total. The Bertz CT molecular complexity index is 355. The minimum absolute atomic E-state index is 0.0651. The topological polar surface area (TPSA) is 61.5 Å². The van der Waals surface area contributed by atoms with Gasteiger partial charge in [-0.2, -0.15) is 0 Å². The zero-order valence-electron chi connectivity index (χ0n) is 8.33. The number of rotatable bonds is 4. The third-order valence-corrected chi connectivity index (χ3v) is 1.77. The van der Waals surface area contributed by atoms with Crippen LogP contribution in [-0.4, -0.2) is 19.7 Å². The summed E-state index contributed by atoms with van der Waals surface area (Å²) in [4.78, 5) is 10.7. The Morgan fingerprint density at radius 1 is 1.53 bits per heavy atom. The van der Waals surface area contributed by atoms with Gasteiger partial charge in [0.1, 0.15) is 11.6 Å². The molecular formula is C10H12FNO3. The van der Waals surface area contributed by atoms with Crippen LogP contribution in [0, 0.1) is 5.82 Å². The summed E-state index contributed by atoms with van der Waals surface area (Å²) in [6, 6.07) is 4.12. The van der Waals surface area contributed by atoms with Gasteiger partial charge in [0.05, 0.1) is 25.8 Å². The van der Waals surface area contributed by atoms with Crippen LogP contribution in [0.15, 0.2) is 18.2 Å². The number of methoxy groups -OCH3 is 1. The summed E-state index contributed by atoms with van der Waals surface area (Å²) in [7, 11) is 1.30. The SMILES string of the molecule is COC(=O)CCOc1ccc(N)c(F)c1. The van der Waals surface area contributed by atoms with E-state index in [-0.39, 0.29) is 24.7 Å². The molecule has 0 fully saturated rings. The van der Waals surface area contributed by atoms with Crippen LogP contribution in [0.25, 0.3) is 0 Å². The first-order chi connectivity index (χ1) is 7.13. The molecular weight excluding hydrogens is 201 g/mol. The largest absolute Gasteiger partial charge is 0.493 e. The van der Waals surface area contributed by atoms with E-state index < -0.39 is 5.82 Å². The Kier molecular flexibility index (Phi) is 3.91. The molecule has 0 saturated heterocycles. The molecule has 0 aliphatic carbocycles. The van der Waals surface area contributed by atoms with E-state index in [1.54, 1.807) is 0 Å². The number of ether oxygens (including phenoxy) is 2. The van der Waals surface area contributed by atoms with Gasteiger partial charge < -0.3 is 15.2 Å². The molecule has 5 heteroatoms. The zero-order chi connectivity index (χ0) is 11.3. The van der Waals surface area contributed by atoms with Gasteiger partial charge in [-0.1, -0.05) is 0 Å². The predicted molar refractivity (Wildman–Crippen MR) is 52.9 cm³/mol. The fourth-order valence-corrected chi connectivity index (χ4v) is 0.952. The average Bonchev–Trinajstić information content (AvgIpc) is 2.23. The van der Waals surface area contributed by atoms with E-state index in [1.165, 1.54) is 25.3 Å².